The fourth-order valence-corrected chi connectivity index (χ4v) is 4.50. The summed E-state index contributed by atoms with van der Waals surface area (Å²) in [7, 11) is 0. The molecule has 1 unspecified atom stereocenters. The number of aryl methyl sites for hydroxylation is 1. The standard InChI is InChI=1S/C15H14BrFN2OS/c16-14-7-10-12(2-1-3-13(10)21-14)19-8-4-5-11(17)9(6-8)15(18)20/h4-7,12,19H,1-3H2,(H2,18,20). The molecule has 1 amide bonds. The second-order valence-electron chi connectivity index (χ2n) is 5.08. The lowest BCUT2D eigenvalue weighted by atomic mass is 9.94. The second-order valence-corrected chi connectivity index (χ2v) is 7.59. The third kappa shape index (κ3) is 2.96. The third-order valence-corrected chi connectivity index (χ3v) is 5.37. The molecule has 1 aromatic heterocycles. The number of benzene rings is 1. The van der Waals surface area contributed by atoms with Gasteiger partial charge in [-0.1, -0.05) is 0 Å². The van der Waals surface area contributed by atoms with Crippen LogP contribution in [0.5, 0.6) is 0 Å². The van der Waals surface area contributed by atoms with Gasteiger partial charge in [0.1, 0.15) is 5.82 Å². The number of rotatable bonds is 3. The van der Waals surface area contributed by atoms with E-state index in [4.69, 9.17) is 5.73 Å². The lowest BCUT2D eigenvalue weighted by molar-refractivity contribution is 0.0996. The molecule has 0 saturated carbocycles. The van der Waals surface area contributed by atoms with Crippen LogP contribution in [0.2, 0.25) is 0 Å². The topological polar surface area (TPSA) is 55.1 Å². The number of halogens is 2. The first-order valence-electron chi connectivity index (χ1n) is 6.68. The van der Waals surface area contributed by atoms with Crippen molar-refractivity contribution in [3.63, 3.8) is 0 Å². The van der Waals surface area contributed by atoms with Crippen LogP contribution >= 0.6 is 27.3 Å². The zero-order chi connectivity index (χ0) is 15.0. The van der Waals surface area contributed by atoms with Gasteiger partial charge in [0, 0.05) is 10.6 Å². The Morgan fingerprint density at radius 2 is 2.24 bits per heavy atom. The molecular weight excluding hydrogens is 355 g/mol. The van der Waals surface area contributed by atoms with Crippen molar-refractivity contribution >= 4 is 38.9 Å². The van der Waals surface area contributed by atoms with Gasteiger partial charge in [0.25, 0.3) is 5.91 Å². The highest BCUT2D eigenvalue weighted by Crippen LogP contribution is 2.39. The number of fused-ring (bicyclic) bond motifs is 1. The van der Waals surface area contributed by atoms with E-state index in [0.717, 1.165) is 23.0 Å². The quantitative estimate of drug-likeness (QED) is 0.851. The Morgan fingerprint density at radius 3 is 3.00 bits per heavy atom. The molecule has 1 heterocycles. The summed E-state index contributed by atoms with van der Waals surface area (Å²) < 4.78 is 14.6. The van der Waals surface area contributed by atoms with Crippen molar-refractivity contribution in [2.24, 2.45) is 5.73 Å². The van der Waals surface area contributed by atoms with Crippen molar-refractivity contribution in [1.29, 1.82) is 0 Å². The molecule has 3 nitrogen and oxygen atoms in total. The van der Waals surface area contributed by atoms with Crippen molar-refractivity contribution in [3.8, 4) is 0 Å². The van der Waals surface area contributed by atoms with Crippen LogP contribution in [0.3, 0.4) is 0 Å². The Bertz CT molecular complexity index is 701. The van der Waals surface area contributed by atoms with E-state index in [0.29, 0.717) is 5.69 Å². The molecule has 3 rings (SSSR count). The van der Waals surface area contributed by atoms with Gasteiger partial charge in [-0.25, -0.2) is 4.39 Å². The monoisotopic (exact) mass is 368 g/mol. The number of hydrogen-bond donors (Lipinski definition) is 2. The molecule has 3 N–H and O–H groups in total. The molecule has 1 atom stereocenters. The SMILES string of the molecule is NC(=O)c1cc(NC2CCCc3sc(Br)cc32)ccc1F. The van der Waals surface area contributed by atoms with Crippen molar-refractivity contribution in [1.82, 2.24) is 0 Å². The molecule has 0 spiro atoms. The number of nitrogens with two attached hydrogens (primary N) is 1. The molecule has 1 aliphatic rings. The van der Waals surface area contributed by atoms with Crippen LogP contribution in [-0.4, -0.2) is 5.91 Å². The average molecular weight is 369 g/mol. The molecule has 0 aliphatic heterocycles. The summed E-state index contributed by atoms with van der Waals surface area (Å²) in [5.41, 5.74) is 7.10. The van der Waals surface area contributed by atoms with Gasteiger partial charge in [-0.05, 0) is 65.0 Å². The second kappa shape index (κ2) is 5.77. The Labute approximate surface area is 134 Å². The molecule has 6 heteroatoms. The smallest absolute Gasteiger partial charge is 0.251 e. The maximum Gasteiger partial charge on any atom is 0.251 e. The van der Waals surface area contributed by atoms with Crippen LogP contribution in [0.15, 0.2) is 28.1 Å². The number of carbonyl (C=O) groups excluding carboxylic acids is 1. The third-order valence-electron chi connectivity index (χ3n) is 3.66. The molecular formula is C15H14BrFN2OS. The van der Waals surface area contributed by atoms with Gasteiger partial charge >= 0.3 is 0 Å². The Balaban J connectivity index is 1.88. The molecule has 1 aromatic carbocycles. The average Bonchev–Trinajstić information content (AvgIpc) is 2.82. The van der Waals surface area contributed by atoms with E-state index in [1.807, 2.05) is 0 Å². The van der Waals surface area contributed by atoms with Gasteiger partial charge in [0.2, 0.25) is 0 Å². The number of carbonyl (C=O) groups is 1. The number of nitrogens with one attached hydrogen (secondary N) is 1. The van der Waals surface area contributed by atoms with E-state index in [2.05, 4.69) is 27.3 Å². The molecule has 0 saturated heterocycles. The van der Waals surface area contributed by atoms with Gasteiger partial charge in [-0.3, -0.25) is 4.79 Å². The fourth-order valence-electron chi connectivity index (χ4n) is 2.68. The first-order valence-corrected chi connectivity index (χ1v) is 8.29. The Kier molecular flexibility index (Phi) is 3.99. The summed E-state index contributed by atoms with van der Waals surface area (Å²) in [6.07, 6.45) is 3.22. The highest BCUT2D eigenvalue weighted by atomic mass is 79.9. The van der Waals surface area contributed by atoms with Crippen molar-refractivity contribution < 1.29 is 9.18 Å². The van der Waals surface area contributed by atoms with E-state index >= 15 is 0 Å². The van der Waals surface area contributed by atoms with E-state index < -0.39 is 11.7 Å². The van der Waals surface area contributed by atoms with E-state index in [1.165, 1.54) is 22.6 Å². The fraction of sp³-hybridized carbons (Fsp3) is 0.267. The van der Waals surface area contributed by atoms with Gasteiger partial charge < -0.3 is 11.1 Å². The molecule has 21 heavy (non-hydrogen) atoms. The molecule has 2 aromatic rings. The van der Waals surface area contributed by atoms with Gasteiger partial charge in [-0.15, -0.1) is 11.3 Å². The highest BCUT2D eigenvalue weighted by molar-refractivity contribution is 9.11. The normalized spacial score (nSPS) is 17.3. The summed E-state index contributed by atoms with van der Waals surface area (Å²) in [6.45, 7) is 0. The summed E-state index contributed by atoms with van der Waals surface area (Å²) in [4.78, 5) is 12.6. The predicted molar refractivity (Wildman–Crippen MR) is 86.2 cm³/mol. The largest absolute Gasteiger partial charge is 0.378 e. The van der Waals surface area contributed by atoms with Crippen LogP contribution in [-0.2, 0) is 6.42 Å². The summed E-state index contributed by atoms with van der Waals surface area (Å²) in [5.74, 6) is -1.34. The summed E-state index contributed by atoms with van der Waals surface area (Å²) in [5, 5.41) is 3.38. The minimum Gasteiger partial charge on any atom is -0.378 e. The first-order chi connectivity index (χ1) is 10.0. The lowest BCUT2D eigenvalue weighted by Crippen LogP contribution is -2.17. The lowest BCUT2D eigenvalue weighted by Gasteiger charge is -2.24. The minimum atomic E-state index is -0.751. The Morgan fingerprint density at radius 1 is 1.43 bits per heavy atom. The van der Waals surface area contributed by atoms with E-state index in [-0.39, 0.29) is 11.6 Å². The number of thiophene rings is 1. The van der Waals surface area contributed by atoms with E-state index in [9.17, 15) is 9.18 Å². The van der Waals surface area contributed by atoms with Crippen molar-refractivity contribution in [2.45, 2.75) is 25.3 Å². The number of hydrogen-bond acceptors (Lipinski definition) is 3. The molecule has 110 valence electrons. The van der Waals surface area contributed by atoms with Crippen molar-refractivity contribution in [2.75, 3.05) is 5.32 Å². The maximum atomic E-state index is 13.5. The van der Waals surface area contributed by atoms with Crippen LogP contribution in [0.1, 0.15) is 39.7 Å². The van der Waals surface area contributed by atoms with Gasteiger partial charge in [0.15, 0.2) is 0 Å². The van der Waals surface area contributed by atoms with Gasteiger partial charge in [0.05, 0.1) is 15.4 Å². The maximum absolute atomic E-state index is 13.5. The van der Waals surface area contributed by atoms with Crippen LogP contribution in [0.25, 0.3) is 0 Å². The Hall–Kier alpha value is -1.40. The molecule has 0 fully saturated rings. The number of amides is 1. The molecule has 0 radical (unpaired) electrons. The predicted octanol–water partition coefficient (Wildman–Crippen LogP) is 4.24. The van der Waals surface area contributed by atoms with Crippen LogP contribution < -0.4 is 11.1 Å². The molecule has 1 aliphatic carbocycles. The zero-order valence-corrected chi connectivity index (χ0v) is 13.6. The molecule has 0 bridgehead atoms. The minimum absolute atomic E-state index is 0.0810. The van der Waals surface area contributed by atoms with Gasteiger partial charge in [-0.2, -0.15) is 0 Å². The summed E-state index contributed by atoms with van der Waals surface area (Å²) in [6, 6.07) is 6.71. The van der Waals surface area contributed by atoms with E-state index in [1.54, 1.807) is 17.4 Å². The van der Waals surface area contributed by atoms with Crippen LogP contribution in [0, 0.1) is 5.82 Å². The van der Waals surface area contributed by atoms with Crippen molar-refractivity contribution in [3.05, 3.63) is 49.9 Å². The zero-order valence-electron chi connectivity index (χ0n) is 11.2. The number of anilines is 1. The van der Waals surface area contributed by atoms with Crippen LogP contribution in [0.4, 0.5) is 10.1 Å². The number of primary amides is 1. The first kappa shape index (κ1) is 14.5. The summed E-state index contributed by atoms with van der Waals surface area (Å²) >= 11 is 5.28. The highest BCUT2D eigenvalue weighted by Gasteiger charge is 2.23.